The van der Waals surface area contributed by atoms with Crippen LogP contribution in [-0.4, -0.2) is 40.6 Å². The molecule has 4 rings (SSSR count). The van der Waals surface area contributed by atoms with Gasteiger partial charge in [0.15, 0.2) is 5.76 Å². The smallest absolute Gasteiger partial charge is 0.259 e. The van der Waals surface area contributed by atoms with E-state index in [0.717, 1.165) is 12.1 Å². The van der Waals surface area contributed by atoms with Crippen LogP contribution in [0.4, 0.5) is 0 Å². The molecule has 3 aromatic rings. The van der Waals surface area contributed by atoms with Crippen LogP contribution in [0.2, 0.25) is 0 Å². The van der Waals surface area contributed by atoms with Gasteiger partial charge in [0.1, 0.15) is 5.69 Å². The predicted octanol–water partition coefficient (Wildman–Crippen LogP) is 3.42. The second-order valence-corrected chi connectivity index (χ2v) is 7.93. The zero-order valence-corrected chi connectivity index (χ0v) is 15.9. The Balaban J connectivity index is 1.84. The van der Waals surface area contributed by atoms with E-state index in [1.54, 1.807) is 18.4 Å². The molecule has 2 N–H and O–H groups in total. The van der Waals surface area contributed by atoms with E-state index in [1.807, 2.05) is 24.8 Å². The molecule has 1 unspecified atom stereocenters. The Hall–Kier alpha value is -2.67. The Kier molecular flexibility index (Phi) is 4.26. The number of amides is 1. The third kappa shape index (κ3) is 3.02. The highest BCUT2D eigenvalue weighted by molar-refractivity contribution is 6.07. The van der Waals surface area contributed by atoms with Crippen LogP contribution in [-0.2, 0) is 0 Å². The van der Waals surface area contributed by atoms with Crippen LogP contribution in [0.5, 0.6) is 0 Å². The Morgan fingerprint density at radius 2 is 2.26 bits per heavy atom. The number of pyridine rings is 1. The first-order valence-electron chi connectivity index (χ1n) is 9.25. The standard InChI is InChI=1S/C20H24N4O3/c1-12(2)17-16-13(19(25)24-7-6-20(3,10-21)11-24)9-14(15-5-4-8-26-15)22-18(16)27-23-17/h4-5,8-9,12H,6-7,10-11,21H2,1-3H3. The van der Waals surface area contributed by atoms with E-state index in [0.29, 0.717) is 47.8 Å². The first-order chi connectivity index (χ1) is 12.9. The molecule has 0 spiro atoms. The van der Waals surface area contributed by atoms with Gasteiger partial charge in [0.2, 0.25) is 0 Å². The minimum absolute atomic E-state index is 0.0405. The molecule has 0 radical (unpaired) electrons. The number of rotatable bonds is 4. The fourth-order valence-corrected chi connectivity index (χ4v) is 3.62. The molecule has 1 amide bonds. The van der Waals surface area contributed by atoms with Crippen molar-refractivity contribution in [3.63, 3.8) is 0 Å². The van der Waals surface area contributed by atoms with Gasteiger partial charge in [0.25, 0.3) is 11.6 Å². The summed E-state index contributed by atoms with van der Waals surface area (Å²) in [6.45, 7) is 8.06. The first kappa shape index (κ1) is 17.7. The second kappa shape index (κ2) is 6.49. The van der Waals surface area contributed by atoms with Crippen molar-refractivity contribution < 1.29 is 13.7 Å². The van der Waals surface area contributed by atoms with Gasteiger partial charge in [-0.25, -0.2) is 4.98 Å². The summed E-state index contributed by atoms with van der Waals surface area (Å²) in [6, 6.07) is 5.38. The third-order valence-electron chi connectivity index (χ3n) is 5.36. The molecule has 7 heteroatoms. The zero-order chi connectivity index (χ0) is 19.2. The lowest BCUT2D eigenvalue weighted by Crippen LogP contribution is -2.34. The van der Waals surface area contributed by atoms with E-state index in [4.69, 9.17) is 14.7 Å². The number of fused-ring (bicyclic) bond motifs is 1. The van der Waals surface area contributed by atoms with Crippen LogP contribution >= 0.6 is 0 Å². The zero-order valence-electron chi connectivity index (χ0n) is 15.9. The molecule has 0 saturated carbocycles. The molecule has 0 aliphatic carbocycles. The van der Waals surface area contributed by atoms with Gasteiger partial charge in [-0.2, -0.15) is 0 Å². The van der Waals surface area contributed by atoms with Gasteiger partial charge < -0.3 is 19.6 Å². The number of hydrogen-bond donors (Lipinski definition) is 1. The van der Waals surface area contributed by atoms with Gasteiger partial charge in [-0.15, -0.1) is 0 Å². The molecule has 1 aliphatic rings. The largest absolute Gasteiger partial charge is 0.463 e. The Bertz CT molecular complexity index is 977. The van der Waals surface area contributed by atoms with Gasteiger partial charge >= 0.3 is 0 Å². The SMILES string of the molecule is CC(C)c1noc2nc(-c3ccco3)cc(C(=O)N3CCC(C)(CN)C3)c12. The number of carbonyl (C=O) groups excluding carboxylic acids is 1. The lowest BCUT2D eigenvalue weighted by atomic mass is 9.90. The summed E-state index contributed by atoms with van der Waals surface area (Å²) in [5.41, 5.74) is 8.08. The molecule has 7 nitrogen and oxygen atoms in total. The molecule has 1 saturated heterocycles. The number of nitrogens with zero attached hydrogens (tertiary/aromatic N) is 3. The summed E-state index contributed by atoms with van der Waals surface area (Å²) >= 11 is 0. The number of hydrogen-bond acceptors (Lipinski definition) is 6. The quantitative estimate of drug-likeness (QED) is 0.758. The van der Waals surface area contributed by atoms with Crippen molar-refractivity contribution in [3.8, 4) is 11.5 Å². The van der Waals surface area contributed by atoms with Gasteiger partial charge in [0.05, 0.1) is 22.9 Å². The van der Waals surface area contributed by atoms with Crippen molar-refractivity contribution >= 4 is 17.0 Å². The van der Waals surface area contributed by atoms with Gasteiger partial charge in [0, 0.05) is 13.1 Å². The number of furan rings is 1. The van der Waals surface area contributed by atoms with Crippen LogP contribution in [0.3, 0.4) is 0 Å². The summed E-state index contributed by atoms with van der Waals surface area (Å²) < 4.78 is 10.9. The van der Waals surface area contributed by atoms with Crippen molar-refractivity contribution in [3.05, 3.63) is 35.7 Å². The predicted molar refractivity (Wildman–Crippen MR) is 101 cm³/mol. The Morgan fingerprint density at radius 1 is 1.44 bits per heavy atom. The van der Waals surface area contributed by atoms with E-state index in [2.05, 4.69) is 17.1 Å². The van der Waals surface area contributed by atoms with Crippen molar-refractivity contribution in [2.45, 2.75) is 33.1 Å². The fraction of sp³-hybridized carbons (Fsp3) is 0.450. The van der Waals surface area contributed by atoms with Gasteiger partial charge in [-0.1, -0.05) is 25.9 Å². The number of nitrogens with two attached hydrogens (primary N) is 1. The average Bonchev–Trinajstić information content (AvgIpc) is 3.39. The van der Waals surface area contributed by atoms with E-state index in [1.165, 1.54) is 0 Å². The van der Waals surface area contributed by atoms with Crippen LogP contribution in [0.25, 0.3) is 22.6 Å². The summed E-state index contributed by atoms with van der Waals surface area (Å²) in [4.78, 5) is 19.8. The maximum Gasteiger partial charge on any atom is 0.259 e. The van der Waals surface area contributed by atoms with Crippen LogP contribution in [0, 0.1) is 5.41 Å². The molecule has 0 aromatic carbocycles. The summed E-state index contributed by atoms with van der Waals surface area (Å²) in [6.07, 6.45) is 2.48. The molecule has 142 valence electrons. The maximum absolute atomic E-state index is 13.4. The van der Waals surface area contributed by atoms with Gasteiger partial charge in [-0.3, -0.25) is 4.79 Å². The van der Waals surface area contributed by atoms with Crippen LogP contribution in [0.1, 0.15) is 49.2 Å². The summed E-state index contributed by atoms with van der Waals surface area (Å²) in [5, 5.41) is 4.86. The molecule has 3 aromatic heterocycles. The van der Waals surface area contributed by atoms with E-state index >= 15 is 0 Å². The molecular weight excluding hydrogens is 344 g/mol. The van der Waals surface area contributed by atoms with E-state index < -0.39 is 0 Å². The Morgan fingerprint density at radius 3 is 2.89 bits per heavy atom. The highest BCUT2D eigenvalue weighted by Gasteiger charge is 2.36. The van der Waals surface area contributed by atoms with Crippen molar-refractivity contribution in [2.24, 2.45) is 11.1 Å². The lowest BCUT2D eigenvalue weighted by molar-refractivity contribution is 0.0778. The number of aromatic nitrogens is 2. The fourth-order valence-electron chi connectivity index (χ4n) is 3.62. The molecule has 4 heterocycles. The highest BCUT2D eigenvalue weighted by atomic mass is 16.5. The van der Waals surface area contributed by atoms with Crippen molar-refractivity contribution in [1.29, 1.82) is 0 Å². The molecule has 1 atom stereocenters. The minimum atomic E-state index is -0.0440. The molecule has 1 fully saturated rings. The molecule has 0 bridgehead atoms. The van der Waals surface area contributed by atoms with E-state index in [-0.39, 0.29) is 17.2 Å². The Labute approximate surface area is 157 Å². The topological polar surface area (TPSA) is 98.4 Å². The van der Waals surface area contributed by atoms with Crippen LogP contribution in [0.15, 0.2) is 33.4 Å². The lowest BCUT2D eigenvalue weighted by Gasteiger charge is -2.23. The van der Waals surface area contributed by atoms with E-state index in [9.17, 15) is 4.79 Å². The van der Waals surface area contributed by atoms with Crippen molar-refractivity contribution in [1.82, 2.24) is 15.0 Å². The number of carbonyl (C=O) groups is 1. The van der Waals surface area contributed by atoms with Crippen molar-refractivity contribution in [2.75, 3.05) is 19.6 Å². The average molecular weight is 368 g/mol. The third-order valence-corrected chi connectivity index (χ3v) is 5.36. The molecular formula is C20H24N4O3. The summed E-state index contributed by atoms with van der Waals surface area (Å²) in [7, 11) is 0. The van der Waals surface area contributed by atoms with Gasteiger partial charge in [-0.05, 0) is 42.5 Å². The summed E-state index contributed by atoms with van der Waals surface area (Å²) in [5.74, 6) is 0.654. The van der Waals surface area contributed by atoms with Crippen LogP contribution < -0.4 is 5.73 Å². The molecule has 1 aliphatic heterocycles. The normalized spacial score (nSPS) is 20.1. The monoisotopic (exact) mass is 368 g/mol. The number of likely N-dealkylation sites (tertiary alicyclic amines) is 1. The maximum atomic E-state index is 13.4. The highest BCUT2D eigenvalue weighted by Crippen LogP contribution is 2.34. The minimum Gasteiger partial charge on any atom is -0.463 e. The molecule has 27 heavy (non-hydrogen) atoms. The first-order valence-corrected chi connectivity index (χ1v) is 9.25. The second-order valence-electron chi connectivity index (χ2n) is 7.93.